The predicted molar refractivity (Wildman–Crippen MR) is 90.7 cm³/mol. The third kappa shape index (κ3) is 4.52. The molecule has 0 aliphatic carbocycles. The smallest absolute Gasteiger partial charge is 0.262 e. The number of aryl methyl sites for hydroxylation is 1. The van der Waals surface area contributed by atoms with Gasteiger partial charge in [0.05, 0.1) is 0 Å². The van der Waals surface area contributed by atoms with Gasteiger partial charge in [-0.1, -0.05) is 25.1 Å². The normalized spacial score (nSPS) is 10.1. The van der Waals surface area contributed by atoms with E-state index >= 15 is 0 Å². The highest BCUT2D eigenvalue weighted by atomic mass is 16.5. The second kappa shape index (κ2) is 7.50. The zero-order valence-corrected chi connectivity index (χ0v) is 13.3. The Morgan fingerprint density at radius 3 is 2.50 bits per heavy atom. The molecular weight excluding hydrogens is 276 g/mol. The molecule has 0 saturated carbocycles. The number of hydrogen-bond donors (Lipinski definition) is 1. The maximum atomic E-state index is 11.9. The first-order chi connectivity index (χ1) is 10.6. The first-order valence-electron chi connectivity index (χ1n) is 7.37. The first-order valence-corrected chi connectivity index (χ1v) is 7.37. The van der Waals surface area contributed by atoms with E-state index in [4.69, 9.17) is 4.74 Å². The topological polar surface area (TPSA) is 41.6 Å². The summed E-state index contributed by atoms with van der Waals surface area (Å²) in [5.74, 6) is 0.532. The minimum Gasteiger partial charge on any atom is -0.484 e. The molecule has 0 aliphatic rings. The molecule has 4 nitrogen and oxygen atoms in total. The van der Waals surface area contributed by atoms with Crippen molar-refractivity contribution >= 4 is 17.3 Å². The zero-order chi connectivity index (χ0) is 15.9. The molecule has 0 saturated heterocycles. The average Bonchev–Trinajstić information content (AvgIpc) is 2.53. The van der Waals surface area contributed by atoms with Crippen molar-refractivity contribution in [1.29, 1.82) is 0 Å². The molecule has 2 aromatic carbocycles. The number of nitrogens with zero attached hydrogens (tertiary/aromatic N) is 1. The fraction of sp³-hybridized carbons (Fsp3) is 0.278. The summed E-state index contributed by atoms with van der Waals surface area (Å²) >= 11 is 0. The second-order valence-corrected chi connectivity index (χ2v) is 5.28. The van der Waals surface area contributed by atoms with Crippen molar-refractivity contribution < 1.29 is 9.53 Å². The van der Waals surface area contributed by atoms with Crippen molar-refractivity contribution in [2.24, 2.45) is 0 Å². The fourth-order valence-electron chi connectivity index (χ4n) is 2.03. The number of amides is 1. The summed E-state index contributed by atoms with van der Waals surface area (Å²) in [6.07, 6.45) is 0.989. The van der Waals surface area contributed by atoms with Gasteiger partial charge in [0.25, 0.3) is 5.91 Å². The average molecular weight is 298 g/mol. The van der Waals surface area contributed by atoms with Crippen LogP contribution in [0.1, 0.15) is 12.5 Å². The number of carbonyl (C=O) groups excluding carboxylic acids is 1. The van der Waals surface area contributed by atoms with E-state index in [0.717, 1.165) is 17.8 Å². The van der Waals surface area contributed by atoms with Crippen LogP contribution in [0.3, 0.4) is 0 Å². The largest absolute Gasteiger partial charge is 0.484 e. The lowest BCUT2D eigenvalue weighted by atomic mass is 10.2. The number of anilines is 2. The maximum Gasteiger partial charge on any atom is 0.262 e. The van der Waals surface area contributed by atoms with Crippen molar-refractivity contribution in [2.75, 3.05) is 30.9 Å². The van der Waals surface area contributed by atoms with E-state index in [-0.39, 0.29) is 12.5 Å². The Kier molecular flexibility index (Phi) is 5.42. The molecule has 1 N–H and O–H groups in total. The molecule has 0 unspecified atom stereocenters. The number of hydrogen-bond acceptors (Lipinski definition) is 3. The van der Waals surface area contributed by atoms with E-state index in [0.29, 0.717) is 5.75 Å². The first kappa shape index (κ1) is 15.9. The number of carbonyl (C=O) groups is 1. The van der Waals surface area contributed by atoms with Crippen LogP contribution in [0.2, 0.25) is 0 Å². The molecule has 1 amide bonds. The van der Waals surface area contributed by atoms with E-state index in [2.05, 4.69) is 12.2 Å². The van der Waals surface area contributed by atoms with Gasteiger partial charge in [0.15, 0.2) is 6.61 Å². The zero-order valence-electron chi connectivity index (χ0n) is 13.3. The van der Waals surface area contributed by atoms with Gasteiger partial charge in [-0.05, 0) is 42.3 Å². The van der Waals surface area contributed by atoms with Crippen LogP contribution >= 0.6 is 0 Å². The molecular formula is C18H22N2O2. The van der Waals surface area contributed by atoms with Gasteiger partial charge in [-0.2, -0.15) is 0 Å². The highest BCUT2D eigenvalue weighted by molar-refractivity contribution is 5.92. The quantitative estimate of drug-likeness (QED) is 0.889. The van der Waals surface area contributed by atoms with Crippen LogP contribution in [-0.2, 0) is 11.2 Å². The lowest BCUT2D eigenvalue weighted by molar-refractivity contribution is -0.118. The number of benzene rings is 2. The molecule has 0 bridgehead atoms. The van der Waals surface area contributed by atoms with Crippen molar-refractivity contribution in [1.82, 2.24) is 0 Å². The number of ether oxygens (including phenoxy) is 1. The Hall–Kier alpha value is -2.49. The van der Waals surface area contributed by atoms with Gasteiger partial charge in [-0.3, -0.25) is 4.79 Å². The maximum absolute atomic E-state index is 11.9. The molecule has 2 aromatic rings. The van der Waals surface area contributed by atoms with Crippen LogP contribution in [0.5, 0.6) is 5.75 Å². The van der Waals surface area contributed by atoms with Crippen LogP contribution < -0.4 is 15.0 Å². The Morgan fingerprint density at radius 1 is 1.14 bits per heavy atom. The molecule has 0 radical (unpaired) electrons. The van der Waals surface area contributed by atoms with E-state index in [9.17, 15) is 4.79 Å². The molecule has 4 heteroatoms. The van der Waals surface area contributed by atoms with Crippen LogP contribution in [0.15, 0.2) is 48.5 Å². The second-order valence-electron chi connectivity index (χ2n) is 5.28. The van der Waals surface area contributed by atoms with E-state index in [1.165, 1.54) is 5.56 Å². The van der Waals surface area contributed by atoms with E-state index in [1.54, 1.807) is 0 Å². The van der Waals surface area contributed by atoms with E-state index in [1.807, 2.05) is 67.5 Å². The molecule has 0 spiro atoms. The summed E-state index contributed by atoms with van der Waals surface area (Å²) in [5.41, 5.74) is 3.05. The SMILES string of the molecule is CCc1ccc(OCC(=O)Nc2cccc(N(C)C)c2)cc1. The minimum atomic E-state index is -0.171. The van der Waals surface area contributed by atoms with Gasteiger partial charge in [-0.15, -0.1) is 0 Å². The van der Waals surface area contributed by atoms with E-state index < -0.39 is 0 Å². The van der Waals surface area contributed by atoms with Gasteiger partial charge < -0.3 is 15.0 Å². The van der Waals surface area contributed by atoms with Gasteiger partial charge in [0, 0.05) is 25.5 Å². The molecule has 0 aliphatic heterocycles. The van der Waals surface area contributed by atoms with Gasteiger partial charge in [-0.25, -0.2) is 0 Å². The van der Waals surface area contributed by atoms with Crippen LogP contribution in [-0.4, -0.2) is 26.6 Å². The fourth-order valence-corrected chi connectivity index (χ4v) is 2.03. The monoisotopic (exact) mass is 298 g/mol. The summed E-state index contributed by atoms with van der Waals surface area (Å²) in [7, 11) is 3.92. The van der Waals surface area contributed by atoms with Crippen LogP contribution in [0.4, 0.5) is 11.4 Å². The third-order valence-electron chi connectivity index (χ3n) is 3.35. The lowest BCUT2D eigenvalue weighted by Crippen LogP contribution is -2.20. The molecule has 116 valence electrons. The predicted octanol–water partition coefficient (Wildman–Crippen LogP) is 3.33. The summed E-state index contributed by atoms with van der Waals surface area (Å²) in [5, 5.41) is 2.84. The Bertz CT molecular complexity index is 621. The lowest BCUT2D eigenvalue weighted by Gasteiger charge is -2.14. The summed E-state index contributed by atoms with van der Waals surface area (Å²) in [6.45, 7) is 2.10. The third-order valence-corrected chi connectivity index (χ3v) is 3.35. The summed E-state index contributed by atoms with van der Waals surface area (Å²) in [4.78, 5) is 13.9. The highest BCUT2D eigenvalue weighted by Crippen LogP contribution is 2.17. The van der Waals surface area contributed by atoms with Crippen molar-refractivity contribution in [3.05, 3.63) is 54.1 Å². The van der Waals surface area contributed by atoms with Crippen molar-refractivity contribution in [3.8, 4) is 5.75 Å². The Labute approximate surface area is 131 Å². The summed E-state index contributed by atoms with van der Waals surface area (Å²) < 4.78 is 5.49. The Balaban J connectivity index is 1.88. The number of rotatable bonds is 6. The molecule has 0 aromatic heterocycles. The van der Waals surface area contributed by atoms with Crippen LogP contribution in [0, 0.1) is 0 Å². The Morgan fingerprint density at radius 2 is 1.86 bits per heavy atom. The van der Waals surface area contributed by atoms with Gasteiger partial charge in [0.2, 0.25) is 0 Å². The highest BCUT2D eigenvalue weighted by Gasteiger charge is 2.05. The molecule has 0 heterocycles. The molecule has 0 fully saturated rings. The van der Waals surface area contributed by atoms with Crippen molar-refractivity contribution in [3.63, 3.8) is 0 Å². The minimum absolute atomic E-state index is 0.00232. The summed E-state index contributed by atoms with van der Waals surface area (Å²) in [6, 6.07) is 15.5. The van der Waals surface area contributed by atoms with Gasteiger partial charge in [0.1, 0.15) is 5.75 Å². The standard InChI is InChI=1S/C18H22N2O2/c1-4-14-8-10-17(11-9-14)22-13-18(21)19-15-6-5-7-16(12-15)20(2)3/h5-12H,4,13H2,1-3H3,(H,19,21). The molecule has 0 atom stereocenters. The van der Waals surface area contributed by atoms with Crippen molar-refractivity contribution in [2.45, 2.75) is 13.3 Å². The molecule has 2 rings (SSSR count). The number of nitrogens with one attached hydrogen (secondary N) is 1. The van der Waals surface area contributed by atoms with Gasteiger partial charge >= 0.3 is 0 Å². The van der Waals surface area contributed by atoms with Crippen LogP contribution in [0.25, 0.3) is 0 Å². The molecule has 22 heavy (non-hydrogen) atoms.